The largest absolute Gasteiger partial charge is 0.451 e. The molecule has 2 amide bonds. The number of oxazole rings is 1. The second-order valence-electron chi connectivity index (χ2n) is 5.73. The zero-order valence-corrected chi connectivity index (χ0v) is 13.1. The monoisotopic (exact) mass is 314 g/mol. The van der Waals surface area contributed by atoms with E-state index in [9.17, 15) is 4.79 Å². The van der Waals surface area contributed by atoms with Crippen LogP contribution in [0, 0.1) is 0 Å². The summed E-state index contributed by atoms with van der Waals surface area (Å²) in [5, 5.41) is 6.47. The number of aromatic nitrogens is 1. The van der Waals surface area contributed by atoms with Gasteiger partial charge in [-0.2, -0.15) is 0 Å². The fourth-order valence-corrected chi connectivity index (χ4v) is 2.77. The third kappa shape index (κ3) is 4.48. The smallest absolute Gasteiger partial charge is 0.317 e. The second-order valence-corrected chi connectivity index (χ2v) is 5.73. The molecule has 2 N–H and O–H groups in total. The van der Waals surface area contributed by atoms with Crippen LogP contribution in [0.25, 0.3) is 0 Å². The van der Waals surface area contributed by atoms with Crippen LogP contribution in [0.3, 0.4) is 0 Å². The van der Waals surface area contributed by atoms with Crippen molar-refractivity contribution in [3.05, 3.63) is 48.7 Å². The van der Waals surface area contributed by atoms with Crippen LogP contribution in [0.2, 0.25) is 0 Å². The van der Waals surface area contributed by atoms with Gasteiger partial charge < -0.3 is 20.0 Å². The molecule has 1 aliphatic rings. The summed E-state index contributed by atoms with van der Waals surface area (Å²) in [5.74, 6) is 0. The van der Waals surface area contributed by atoms with Crippen LogP contribution in [0.4, 0.5) is 10.5 Å². The molecule has 23 heavy (non-hydrogen) atoms. The van der Waals surface area contributed by atoms with Crippen molar-refractivity contribution in [2.45, 2.75) is 25.3 Å². The number of benzene rings is 1. The van der Waals surface area contributed by atoms with Crippen molar-refractivity contribution in [1.29, 1.82) is 0 Å². The highest BCUT2D eigenvalue weighted by molar-refractivity contribution is 5.74. The molecule has 6 heteroatoms. The number of anilines is 1. The van der Waals surface area contributed by atoms with Crippen LogP contribution in [-0.4, -0.2) is 41.6 Å². The number of likely N-dealkylation sites (tertiary alicyclic amines) is 1. The summed E-state index contributed by atoms with van der Waals surface area (Å²) in [6.45, 7) is 2.13. The first-order valence-electron chi connectivity index (χ1n) is 8.03. The lowest BCUT2D eigenvalue weighted by Crippen LogP contribution is -2.47. The molecule has 6 nitrogen and oxygen atoms in total. The lowest BCUT2D eigenvalue weighted by atomic mass is 10.0. The first kappa shape index (κ1) is 15.4. The average Bonchev–Trinajstić information content (AvgIpc) is 3.10. The van der Waals surface area contributed by atoms with Crippen LogP contribution >= 0.6 is 0 Å². The minimum atomic E-state index is 0.00616. The molecule has 0 unspecified atom stereocenters. The van der Waals surface area contributed by atoms with E-state index in [1.54, 1.807) is 6.26 Å². The van der Waals surface area contributed by atoms with Gasteiger partial charge >= 0.3 is 6.03 Å². The Hall–Kier alpha value is -2.50. The Kier molecular flexibility index (Phi) is 5.13. The second kappa shape index (κ2) is 7.67. The van der Waals surface area contributed by atoms with E-state index in [0.29, 0.717) is 19.0 Å². The number of urea groups is 1. The van der Waals surface area contributed by atoms with Gasteiger partial charge in [0, 0.05) is 37.8 Å². The Morgan fingerprint density at radius 1 is 1.26 bits per heavy atom. The van der Waals surface area contributed by atoms with Gasteiger partial charge in [0.25, 0.3) is 0 Å². The summed E-state index contributed by atoms with van der Waals surface area (Å²) in [6, 6.07) is 10.6. The Bertz CT molecular complexity index is 592. The van der Waals surface area contributed by atoms with Crippen molar-refractivity contribution < 1.29 is 9.21 Å². The Labute approximate surface area is 135 Å². The van der Waals surface area contributed by atoms with Gasteiger partial charge in [0.05, 0.1) is 5.69 Å². The van der Waals surface area contributed by atoms with Crippen LogP contribution in [0.15, 0.2) is 47.4 Å². The lowest BCUT2D eigenvalue weighted by molar-refractivity contribution is 0.184. The summed E-state index contributed by atoms with van der Waals surface area (Å²) in [5.41, 5.74) is 2.00. The van der Waals surface area contributed by atoms with E-state index in [-0.39, 0.29) is 6.03 Å². The van der Waals surface area contributed by atoms with Crippen molar-refractivity contribution in [2.75, 3.05) is 25.0 Å². The van der Waals surface area contributed by atoms with Gasteiger partial charge in [-0.3, -0.25) is 0 Å². The number of nitrogens with zero attached hydrogens (tertiary/aromatic N) is 2. The van der Waals surface area contributed by atoms with E-state index in [0.717, 1.165) is 37.3 Å². The average molecular weight is 314 g/mol. The zero-order chi connectivity index (χ0) is 15.9. The topological polar surface area (TPSA) is 70.4 Å². The number of amides is 2. The maximum atomic E-state index is 12.1. The molecule has 1 saturated heterocycles. The molecule has 1 aliphatic heterocycles. The number of carbonyl (C=O) groups excluding carboxylic acids is 1. The Morgan fingerprint density at radius 2 is 2.04 bits per heavy atom. The molecule has 0 aliphatic carbocycles. The predicted molar refractivity (Wildman–Crippen MR) is 88.3 cm³/mol. The van der Waals surface area contributed by atoms with Gasteiger partial charge in [-0.15, -0.1) is 0 Å². The first-order valence-corrected chi connectivity index (χ1v) is 8.03. The van der Waals surface area contributed by atoms with Gasteiger partial charge in [-0.05, 0) is 25.0 Å². The van der Waals surface area contributed by atoms with Crippen LogP contribution in [0.1, 0.15) is 18.5 Å². The fourth-order valence-electron chi connectivity index (χ4n) is 2.77. The van der Waals surface area contributed by atoms with E-state index < -0.39 is 0 Å². The van der Waals surface area contributed by atoms with E-state index in [1.165, 1.54) is 6.39 Å². The third-order valence-corrected chi connectivity index (χ3v) is 4.07. The highest BCUT2D eigenvalue weighted by atomic mass is 16.3. The minimum Gasteiger partial charge on any atom is -0.451 e. The minimum absolute atomic E-state index is 0.00616. The molecule has 0 radical (unpaired) electrons. The Balaban J connectivity index is 1.37. The highest BCUT2D eigenvalue weighted by Crippen LogP contribution is 2.16. The number of carbonyl (C=O) groups is 1. The number of rotatable bonds is 5. The summed E-state index contributed by atoms with van der Waals surface area (Å²) < 4.78 is 4.91. The molecule has 1 fully saturated rings. The van der Waals surface area contributed by atoms with Crippen LogP contribution in [0.5, 0.6) is 0 Å². The molecule has 2 heterocycles. The quantitative estimate of drug-likeness (QED) is 0.889. The zero-order valence-electron chi connectivity index (χ0n) is 13.1. The summed E-state index contributed by atoms with van der Waals surface area (Å²) >= 11 is 0. The van der Waals surface area contributed by atoms with Gasteiger partial charge in [-0.25, -0.2) is 9.78 Å². The third-order valence-electron chi connectivity index (χ3n) is 4.07. The fraction of sp³-hybridized carbons (Fsp3) is 0.412. The highest BCUT2D eigenvalue weighted by Gasteiger charge is 2.22. The summed E-state index contributed by atoms with van der Waals surface area (Å²) in [4.78, 5) is 18.1. The van der Waals surface area contributed by atoms with Gasteiger partial charge in [-0.1, -0.05) is 18.2 Å². The van der Waals surface area contributed by atoms with E-state index in [2.05, 4.69) is 27.8 Å². The summed E-state index contributed by atoms with van der Waals surface area (Å²) in [7, 11) is 0. The molecule has 3 rings (SSSR count). The SMILES string of the molecule is O=C(NCCc1cocn1)N1CCC(Nc2ccccc2)CC1. The molecule has 0 saturated carbocycles. The molecule has 0 spiro atoms. The van der Waals surface area contributed by atoms with Gasteiger partial charge in [0.2, 0.25) is 0 Å². The molecule has 2 aromatic rings. The maximum absolute atomic E-state index is 12.1. The van der Waals surface area contributed by atoms with Crippen molar-refractivity contribution in [1.82, 2.24) is 15.2 Å². The molecular weight excluding hydrogens is 292 g/mol. The number of para-hydroxylation sites is 1. The maximum Gasteiger partial charge on any atom is 0.317 e. The van der Waals surface area contributed by atoms with Gasteiger partial charge in [0.1, 0.15) is 6.26 Å². The number of nitrogens with one attached hydrogen (secondary N) is 2. The molecule has 0 bridgehead atoms. The first-order chi connectivity index (χ1) is 11.3. The van der Waals surface area contributed by atoms with Crippen molar-refractivity contribution in [2.24, 2.45) is 0 Å². The normalized spacial score (nSPS) is 15.4. The molecular formula is C17H22N4O2. The van der Waals surface area contributed by atoms with E-state index in [4.69, 9.17) is 4.42 Å². The lowest BCUT2D eigenvalue weighted by Gasteiger charge is -2.32. The van der Waals surface area contributed by atoms with Crippen molar-refractivity contribution in [3.63, 3.8) is 0 Å². The van der Waals surface area contributed by atoms with Crippen LogP contribution in [-0.2, 0) is 6.42 Å². The molecule has 122 valence electrons. The van der Waals surface area contributed by atoms with Crippen molar-refractivity contribution in [3.8, 4) is 0 Å². The number of piperidine rings is 1. The standard InChI is InChI=1S/C17H22N4O2/c22-17(18-9-6-16-12-23-13-19-16)21-10-7-15(8-11-21)20-14-4-2-1-3-5-14/h1-5,12-13,15,20H,6-11H2,(H,18,22). The van der Waals surface area contributed by atoms with Gasteiger partial charge in [0.15, 0.2) is 6.39 Å². The summed E-state index contributed by atoms with van der Waals surface area (Å²) in [6.07, 6.45) is 5.63. The predicted octanol–water partition coefficient (Wildman–Crippen LogP) is 2.50. The molecule has 0 atom stereocenters. The van der Waals surface area contributed by atoms with Crippen molar-refractivity contribution >= 4 is 11.7 Å². The molecule has 1 aromatic carbocycles. The van der Waals surface area contributed by atoms with E-state index in [1.807, 2.05) is 23.1 Å². The number of hydrogen-bond acceptors (Lipinski definition) is 4. The molecule has 1 aromatic heterocycles. The Morgan fingerprint density at radius 3 is 2.74 bits per heavy atom. The van der Waals surface area contributed by atoms with E-state index >= 15 is 0 Å². The van der Waals surface area contributed by atoms with Crippen LogP contribution < -0.4 is 10.6 Å². The number of hydrogen-bond donors (Lipinski definition) is 2.